The van der Waals surface area contributed by atoms with Crippen molar-refractivity contribution in [3.8, 4) is 5.75 Å². The van der Waals surface area contributed by atoms with Crippen LogP contribution in [0.1, 0.15) is 0 Å². The predicted octanol–water partition coefficient (Wildman–Crippen LogP) is 0.515. The summed E-state index contributed by atoms with van der Waals surface area (Å²) in [5, 5.41) is 4.29. The van der Waals surface area contributed by atoms with E-state index in [4.69, 9.17) is 4.74 Å². The summed E-state index contributed by atoms with van der Waals surface area (Å²) < 4.78 is 5.06. The van der Waals surface area contributed by atoms with Crippen molar-refractivity contribution in [1.82, 2.24) is 10.3 Å². The lowest BCUT2D eigenvalue weighted by atomic mass is 10.3. The monoisotopic (exact) mass is 192 g/mol. The van der Waals surface area contributed by atoms with Crippen LogP contribution in [-0.4, -0.2) is 38.3 Å². The Labute approximate surface area is 83.9 Å². The molecule has 0 bridgehead atoms. The van der Waals surface area contributed by atoms with Gasteiger partial charge in [0.15, 0.2) is 0 Å². The Bertz CT molecular complexity index is 280. The summed E-state index contributed by atoms with van der Waals surface area (Å²) in [6, 6.07) is 3.93. The van der Waals surface area contributed by atoms with Crippen molar-refractivity contribution in [3.63, 3.8) is 0 Å². The van der Waals surface area contributed by atoms with E-state index in [0.29, 0.717) is 0 Å². The van der Waals surface area contributed by atoms with E-state index in [2.05, 4.69) is 15.2 Å². The van der Waals surface area contributed by atoms with Gasteiger partial charge in [0.05, 0.1) is 13.3 Å². The van der Waals surface area contributed by atoms with Crippen molar-refractivity contribution in [1.29, 1.82) is 0 Å². The Hall–Kier alpha value is -1.29. The van der Waals surface area contributed by atoms with Gasteiger partial charge < -0.3 is 9.64 Å². The molecule has 0 aromatic carbocycles. The Morgan fingerprint density at radius 1 is 1.29 bits per heavy atom. The van der Waals surface area contributed by atoms with Gasteiger partial charge in [-0.3, -0.25) is 0 Å². The van der Waals surface area contributed by atoms with Crippen LogP contribution in [0.3, 0.4) is 0 Å². The number of hydrogen-bond acceptors (Lipinski definition) is 3. The molecule has 1 radical (unpaired) electrons. The third-order valence-electron chi connectivity index (χ3n) is 2.34. The summed E-state index contributed by atoms with van der Waals surface area (Å²) in [6.45, 7) is 3.76. The zero-order chi connectivity index (χ0) is 9.80. The second-order valence-corrected chi connectivity index (χ2v) is 3.21. The van der Waals surface area contributed by atoms with Crippen LogP contribution in [0.5, 0.6) is 5.75 Å². The number of piperazine rings is 1. The standard InChI is InChI=1S/C10H14N3O/c1-14-9-2-3-10(12-8-9)13-6-4-11-5-7-13/h2-3,8H,4-7H2,1H3. The second kappa shape index (κ2) is 4.28. The van der Waals surface area contributed by atoms with E-state index in [1.165, 1.54) is 0 Å². The Balaban J connectivity index is 2.07. The number of hydrogen-bond donors (Lipinski definition) is 0. The van der Waals surface area contributed by atoms with Gasteiger partial charge in [-0.2, -0.15) is 0 Å². The fourth-order valence-electron chi connectivity index (χ4n) is 1.52. The summed E-state index contributed by atoms with van der Waals surface area (Å²) in [6.07, 6.45) is 1.75. The zero-order valence-electron chi connectivity index (χ0n) is 8.31. The van der Waals surface area contributed by atoms with Crippen LogP contribution < -0.4 is 15.0 Å². The Morgan fingerprint density at radius 3 is 2.64 bits per heavy atom. The van der Waals surface area contributed by atoms with Crippen molar-refractivity contribution in [2.75, 3.05) is 38.2 Å². The van der Waals surface area contributed by atoms with Gasteiger partial charge in [0.25, 0.3) is 0 Å². The van der Waals surface area contributed by atoms with E-state index < -0.39 is 0 Å². The van der Waals surface area contributed by atoms with E-state index in [0.717, 1.165) is 37.7 Å². The van der Waals surface area contributed by atoms with E-state index in [1.807, 2.05) is 12.1 Å². The maximum Gasteiger partial charge on any atom is 0.137 e. The second-order valence-electron chi connectivity index (χ2n) is 3.21. The fraction of sp³-hybridized carbons (Fsp3) is 0.500. The van der Waals surface area contributed by atoms with Crippen molar-refractivity contribution in [3.05, 3.63) is 18.3 Å². The topological polar surface area (TPSA) is 39.5 Å². The minimum absolute atomic E-state index is 0.801. The van der Waals surface area contributed by atoms with Crippen LogP contribution in [0, 0.1) is 0 Å². The molecular formula is C10H14N3O. The largest absolute Gasteiger partial charge is 0.495 e. The average molecular weight is 192 g/mol. The SMILES string of the molecule is COc1ccc(N2CC[N]CC2)nc1. The van der Waals surface area contributed by atoms with Crippen molar-refractivity contribution in [2.45, 2.75) is 0 Å². The lowest BCUT2D eigenvalue weighted by Crippen LogP contribution is -2.40. The van der Waals surface area contributed by atoms with Gasteiger partial charge in [0.2, 0.25) is 0 Å². The molecule has 75 valence electrons. The summed E-state index contributed by atoms with van der Waals surface area (Å²) >= 11 is 0. The number of rotatable bonds is 2. The minimum Gasteiger partial charge on any atom is -0.495 e. The number of methoxy groups -OCH3 is 1. The first-order valence-corrected chi connectivity index (χ1v) is 4.78. The molecule has 0 atom stereocenters. The molecule has 4 heteroatoms. The first-order valence-electron chi connectivity index (χ1n) is 4.78. The van der Waals surface area contributed by atoms with Crippen molar-refractivity contribution < 1.29 is 4.74 Å². The maximum absolute atomic E-state index is 5.06. The molecule has 2 rings (SSSR count). The highest BCUT2D eigenvalue weighted by Gasteiger charge is 2.11. The van der Waals surface area contributed by atoms with Crippen molar-refractivity contribution >= 4 is 5.82 Å². The van der Waals surface area contributed by atoms with Gasteiger partial charge in [0, 0.05) is 26.2 Å². The Kier molecular flexibility index (Phi) is 2.84. The molecule has 14 heavy (non-hydrogen) atoms. The summed E-state index contributed by atoms with van der Waals surface area (Å²) in [7, 11) is 1.65. The number of nitrogens with zero attached hydrogens (tertiary/aromatic N) is 3. The van der Waals surface area contributed by atoms with E-state index in [1.54, 1.807) is 13.3 Å². The average Bonchev–Trinajstić information content (AvgIpc) is 2.30. The molecule has 0 aliphatic carbocycles. The molecule has 1 aromatic heterocycles. The van der Waals surface area contributed by atoms with Gasteiger partial charge in [-0.15, -0.1) is 0 Å². The summed E-state index contributed by atoms with van der Waals surface area (Å²) in [5.41, 5.74) is 0. The van der Waals surface area contributed by atoms with Gasteiger partial charge in [-0.25, -0.2) is 10.3 Å². The first kappa shape index (κ1) is 9.27. The molecule has 1 aliphatic heterocycles. The van der Waals surface area contributed by atoms with Crippen LogP contribution in [0.4, 0.5) is 5.82 Å². The van der Waals surface area contributed by atoms with Gasteiger partial charge in [0.1, 0.15) is 11.6 Å². The van der Waals surface area contributed by atoms with Crippen LogP contribution in [0.15, 0.2) is 18.3 Å². The third-order valence-corrected chi connectivity index (χ3v) is 2.34. The van der Waals surface area contributed by atoms with Crippen LogP contribution in [0.2, 0.25) is 0 Å². The van der Waals surface area contributed by atoms with E-state index in [9.17, 15) is 0 Å². The zero-order valence-corrected chi connectivity index (χ0v) is 8.31. The molecule has 0 saturated carbocycles. The van der Waals surface area contributed by atoms with Crippen LogP contribution in [-0.2, 0) is 0 Å². The molecule has 4 nitrogen and oxygen atoms in total. The quantitative estimate of drug-likeness (QED) is 0.685. The lowest BCUT2D eigenvalue weighted by molar-refractivity contribution is 0.413. The fourth-order valence-corrected chi connectivity index (χ4v) is 1.52. The highest BCUT2D eigenvalue weighted by Crippen LogP contribution is 2.15. The van der Waals surface area contributed by atoms with Gasteiger partial charge in [-0.1, -0.05) is 0 Å². The van der Waals surface area contributed by atoms with Crippen molar-refractivity contribution in [2.24, 2.45) is 0 Å². The normalized spacial score (nSPS) is 16.8. The molecule has 0 N–H and O–H groups in total. The first-order chi connectivity index (χ1) is 6.90. The molecule has 0 amide bonds. The number of anilines is 1. The highest BCUT2D eigenvalue weighted by molar-refractivity contribution is 5.41. The molecule has 2 heterocycles. The number of pyridine rings is 1. The Morgan fingerprint density at radius 2 is 2.07 bits per heavy atom. The van der Waals surface area contributed by atoms with Gasteiger partial charge in [-0.05, 0) is 12.1 Å². The third kappa shape index (κ3) is 1.96. The van der Waals surface area contributed by atoms with Gasteiger partial charge >= 0.3 is 0 Å². The molecule has 0 spiro atoms. The van der Waals surface area contributed by atoms with Crippen LogP contribution >= 0.6 is 0 Å². The molecular weight excluding hydrogens is 178 g/mol. The number of aromatic nitrogens is 1. The minimum atomic E-state index is 0.801. The summed E-state index contributed by atoms with van der Waals surface area (Å²) in [4.78, 5) is 6.57. The van der Waals surface area contributed by atoms with E-state index in [-0.39, 0.29) is 0 Å². The maximum atomic E-state index is 5.06. The molecule has 1 fully saturated rings. The molecule has 1 saturated heterocycles. The van der Waals surface area contributed by atoms with E-state index >= 15 is 0 Å². The molecule has 1 aromatic rings. The highest BCUT2D eigenvalue weighted by atomic mass is 16.5. The summed E-state index contributed by atoms with van der Waals surface area (Å²) in [5.74, 6) is 1.82. The smallest absolute Gasteiger partial charge is 0.137 e. The number of ether oxygens (including phenoxy) is 1. The predicted molar refractivity (Wildman–Crippen MR) is 54.9 cm³/mol. The lowest BCUT2D eigenvalue weighted by Gasteiger charge is -2.27. The van der Waals surface area contributed by atoms with Crippen LogP contribution in [0.25, 0.3) is 0 Å². The molecule has 1 aliphatic rings. The molecule has 0 unspecified atom stereocenters.